The van der Waals surface area contributed by atoms with Crippen molar-refractivity contribution in [2.75, 3.05) is 0 Å². The number of carbonyl (C=O) groups is 1. The third-order valence-corrected chi connectivity index (χ3v) is 2.66. The number of nitrogens with one attached hydrogen (secondary N) is 1. The minimum absolute atomic E-state index is 0.130. The number of hydrogen-bond donors (Lipinski definition) is 1. The number of ether oxygens (including phenoxy) is 1. The highest BCUT2D eigenvalue weighted by Crippen LogP contribution is 2.15. The van der Waals surface area contributed by atoms with E-state index < -0.39 is 20.6 Å². The molecule has 1 rings (SSSR count). The molecular formula is C8H11ClN2O4S. The number of hydrogen-bond acceptors (Lipinski definition) is 5. The molecule has 8 heteroatoms. The zero-order valence-electron chi connectivity index (χ0n) is 8.94. The summed E-state index contributed by atoms with van der Waals surface area (Å²) >= 11 is 0. The summed E-state index contributed by atoms with van der Waals surface area (Å²) < 4.78 is 26.8. The lowest BCUT2D eigenvalue weighted by atomic mass is 10.2. The Balaban J connectivity index is 2.92. The molecule has 1 N–H and O–H groups in total. The van der Waals surface area contributed by atoms with Crippen molar-refractivity contribution in [3.63, 3.8) is 0 Å². The first-order valence-corrected chi connectivity index (χ1v) is 6.64. The van der Waals surface area contributed by atoms with Gasteiger partial charge in [0.05, 0.1) is 0 Å². The predicted molar refractivity (Wildman–Crippen MR) is 56.8 cm³/mol. The Morgan fingerprint density at radius 1 is 1.50 bits per heavy atom. The first-order valence-electron chi connectivity index (χ1n) is 4.33. The molecule has 0 radical (unpaired) electrons. The van der Waals surface area contributed by atoms with Crippen molar-refractivity contribution in [3.05, 3.63) is 11.8 Å². The topological polar surface area (TPSA) is 89.1 Å². The van der Waals surface area contributed by atoms with Crippen molar-refractivity contribution in [3.8, 4) is 0 Å². The van der Waals surface area contributed by atoms with Crippen LogP contribution in [0.2, 0.25) is 0 Å². The molecular weight excluding hydrogens is 256 g/mol. The quantitative estimate of drug-likeness (QED) is 0.644. The fourth-order valence-electron chi connectivity index (χ4n) is 0.864. The van der Waals surface area contributed by atoms with E-state index in [1.807, 2.05) is 0 Å². The lowest BCUT2D eigenvalue weighted by Crippen LogP contribution is -2.24. The van der Waals surface area contributed by atoms with Crippen LogP contribution < -0.4 is 0 Å². The Labute approximate surface area is 97.4 Å². The molecule has 0 spiro atoms. The molecule has 0 aliphatic rings. The van der Waals surface area contributed by atoms with E-state index in [0.717, 1.165) is 6.07 Å². The van der Waals surface area contributed by atoms with Crippen LogP contribution in [0.4, 0.5) is 0 Å². The van der Waals surface area contributed by atoms with Crippen molar-refractivity contribution >= 4 is 25.7 Å². The average Bonchev–Trinajstić information content (AvgIpc) is 2.46. The standard InChI is InChI=1S/C8H11ClN2O4S/c1-8(2,3)15-7(12)5-4-6(11-10-5)16(9,13)14/h4H,1-3H3,(H,10,11). The molecule has 0 unspecified atom stereocenters. The first kappa shape index (κ1) is 13.0. The van der Waals surface area contributed by atoms with Gasteiger partial charge in [-0.1, -0.05) is 0 Å². The summed E-state index contributed by atoms with van der Waals surface area (Å²) in [6, 6.07) is 1.02. The van der Waals surface area contributed by atoms with Crippen LogP contribution in [0.5, 0.6) is 0 Å². The minimum atomic E-state index is -3.91. The van der Waals surface area contributed by atoms with Crippen LogP contribution in [-0.4, -0.2) is 30.2 Å². The fourth-order valence-corrected chi connectivity index (χ4v) is 1.51. The maximum atomic E-state index is 11.5. The third-order valence-electron chi connectivity index (χ3n) is 1.43. The lowest BCUT2D eigenvalue weighted by Gasteiger charge is -2.18. The molecule has 0 bridgehead atoms. The van der Waals surface area contributed by atoms with E-state index >= 15 is 0 Å². The summed E-state index contributed by atoms with van der Waals surface area (Å²) in [7, 11) is 1.15. The highest BCUT2D eigenvalue weighted by Gasteiger charge is 2.22. The maximum absolute atomic E-state index is 11.5. The van der Waals surface area contributed by atoms with Gasteiger partial charge in [0.15, 0.2) is 10.7 Å². The minimum Gasteiger partial charge on any atom is -0.455 e. The van der Waals surface area contributed by atoms with Gasteiger partial charge in [-0.25, -0.2) is 13.2 Å². The van der Waals surface area contributed by atoms with Gasteiger partial charge in [-0.3, -0.25) is 5.10 Å². The summed E-state index contributed by atoms with van der Waals surface area (Å²) in [5.41, 5.74) is -0.801. The normalized spacial score (nSPS) is 12.5. The Hall–Kier alpha value is -1.08. The monoisotopic (exact) mass is 266 g/mol. The van der Waals surface area contributed by atoms with Crippen molar-refractivity contribution in [1.29, 1.82) is 0 Å². The second kappa shape index (κ2) is 4.06. The van der Waals surface area contributed by atoms with E-state index in [4.69, 9.17) is 15.4 Å². The van der Waals surface area contributed by atoms with Gasteiger partial charge < -0.3 is 4.74 Å². The Morgan fingerprint density at radius 3 is 2.44 bits per heavy atom. The van der Waals surface area contributed by atoms with E-state index in [2.05, 4.69) is 10.2 Å². The molecule has 1 heterocycles. The smallest absolute Gasteiger partial charge is 0.359 e. The zero-order valence-corrected chi connectivity index (χ0v) is 10.5. The number of aromatic amines is 1. The SMILES string of the molecule is CC(C)(C)OC(=O)c1cc(S(=O)(=O)Cl)[nH]n1. The molecule has 6 nitrogen and oxygen atoms in total. The van der Waals surface area contributed by atoms with Gasteiger partial charge in [0.2, 0.25) is 0 Å². The molecule has 0 aromatic carbocycles. The molecule has 90 valence electrons. The van der Waals surface area contributed by atoms with Crippen LogP contribution in [0.3, 0.4) is 0 Å². The summed E-state index contributed by atoms with van der Waals surface area (Å²) in [4.78, 5) is 11.5. The summed E-state index contributed by atoms with van der Waals surface area (Å²) in [6.45, 7) is 5.07. The molecule has 16 heavy (non-hydrogen) atoms. The van der Waals surface area contributed by atoms with E-state index in [1.165, 1.54) is 0 Å². The maximum Gasteiger partial charge on any atom is 0.359 e. The molecule has 0 aliphatic heterocycles. The summed E-state index contributed by atoms with van der Waals surface area (Å²) in [5.74, 6) is -0.713. The van der Waals surface area contributed by atoms with Crippen molar-refractivity contribution in [1.82, 2.24) is 10.2 Å². The number of carbonyl (C=O) groups excluding carboxylic acids is 1. The van der Waals surface area contributed by atoms with Crippen LogP contribution in [0.25, 0.3) is 0 Å². The van der Waals surface area contributed by atoms with Gasteiger partial charge in [0, 0.05) is 16.7 Å². The van der Waals surface area contributed by atoms with Gasteiger partial charge in [-0.2, -0.15) is 5.10 Å². The van der Waals surface area contributed by atoms with Crippen LogP contribution in [0.15, 0.2) is 11.1 Å². The molecule has 0 fully saturated rings. The van der Waals surface area contributed by atoms with Crippen LogP contribution in [0.1, 0.15) is 31.3 Å². The second-order valence-electron chi connectivity index (χ2n) is 4.06. The predicted octanol–water partition coefficient (Wildman–Crippen LogP) is 1.29. The number of H-pyrrole nitrogens is 1. The number of rotatable bonds is 2. The molecule has 1 aromatic heterocycles. The van der Waals surface area contributed by atoms with Crippen molar-refractivity contribution < 1.29 is 17.9 Å². The fraction of sp³-hybridized carbons (Fsp3) is 0.500. The van der Waals surface area contributed by atoms with Crippen molar-refractivity contribution in [2.45, 2.75) is 31.4 Å². The molecule has 0 aliphatic carbocycles. The van der Waals surface area contributed by atoms with E-state index in [9.17, 15) is 13.2 Å². The number of nitrogens with zero attached hydrogens (tertiary/aromatic N) is 1. The molecule has 0 amide bonds. The zero-order chi connectivity index (χ0) is 12.6. The van der Waals surface area contributed by atoms with Crippen LogP contribution >= 0.6 is 10.7 Å². The van der Waals surface area contributed by atoms with E-state index in [0.29, 0.717) is 0 Å². The van der Waals surface area contributed by atoms with Crippen LogP contribution in [0, 0.1) is 0 Å². The highest BCUT2D eigenvalue weighted by molar-refractivity contribution is 8.13. The molecule has 0 saturated heterocycles. The number of esters is 1. The van der Waals surface area contributed by atoms with Gasteiger partial charge >= 0.3 is 5.97 Å². The summed E-state index contributed by atoms with van der Waals surface area (Å²) in [5, 5.41) is 5.31. The Bertz CT molecular complexity index is 500. The average molecular weight is 267 g/mol. The van der Waals surface area contributed by atoms with Gasteiger partial charge in [0.1, 0.15) is 5.60 Å². The number of halogens is 1. The van der Waals surface area contributed by atoms with Gasteiger partial charge in [-0.05, 0) is 20.8 Å². The van der Waals surface area contributed by atoms with Crippen molar-refractivity contribution in [2.24, 2.45) is 0 Å². The van der Waals surface area contributed by atoms with E-state index in [1.54, 1.807) is 20.8 Å². The second-order valence-corrected chi connectivity index (χ2v) is 6.59. The molecule has 0 atom stereocenters. The first-order chi connectivity index (χ1) is 7.09. The number of aromatic nitrogens is 2. The summed E-state index contributed by atoms with van der Waals surface area (Å²) in [6.07, 6.45) is 0. The van der Waals surface area contributed by atoms with E-state index in [-0.39, 0.29) is 10.7 Å². The van der Waals surface area contributed by atoms with Gasteiger partial charge in [-0.15, -0.1) is 0 Å². The van der Waals surface area contributed by atoms with Crippen LogP contribution in [-0.2, 0) is 13.8 Å². The highest BCUT2D eigenvalue weighted by atomic mass is 35.7. The third kappa shape index (κ3) is 3.49. The Kier molecular flexibility index (Phi) is 3.30. The lowest BCUT2D eigenvalue weighted by molar-refractivity contribution is 0.00628. The molecule has 1 aromatic rings. The Morgan fingerprint density at radius 2 is 2.06 bits per heavy atom. The van der Waals surface area contributed by atoms with Gasteiger partial charge in [0.25, 0.3) is 9.05 Å². The molecule has 0 saturated carbocycles. The largest absolute Gasteiger partial charge is 0.455 e.